The largest absolute Gasteiger partial charge is 4.00 e. The molecule has 0 aliphatic heterocycles. The molecule has 0 spiro atoms. The summed E-state index contributed by atoms with van der Waals surface area (Å²) in [5.74, 6) is -3.11. The van der Waals surface area contributed by atoms with Gasteiger partial charge >= 0.3 is 21.7 Å². The van der Waals surface area contributed by atoms with Gasteiger partial charge in [0.25, 0.3) is 0 Å². The van der Waals surface area contributed by atoms with E-state index in [0.717, 1.165) is 0 Å². The summed E-state index contributed by atoms with van der Waals surface area (Å²) >= 11 is -9.07. The Morgan fingerprint density at radius 1 is 0.524 bits per heavy atom. The maximum absolute atomic E-state index is 9.12. The van der Waals surface area contributed by atoms with E-state index in [1.165, 1.54) is 0 Å². The van der Waals surface area contributed by atoms with E-state index >= 15 is 0 Å². The van der Waals surface area contributed by atoms with Gasteiger partial charge in [0.1, 0.15) is 23.8 Å². The number of hydrogen-bond donors (Lipinski definition) is 4. The minimum atomic E-state index is -2.27. The third-order valence-electron chi connectivity index (χ3n) is 0.422. The Morgan fingerprint density at radius 3 is 0.571 bits per heavy atom. The van der Waals surface area contributed by atoms with Crippen molar-refractivity contribution < 1.29 is 77.2 Å². The summed E-state index contributed by atoms with van der Waals surface area (Å²) in [5, 5.41) is 30.1. The van der Waals surface area contributed by atoms with E-state index in [1.807, 2.05) is 0 Å². The van der Waals surface area contributed by atoms with Crippen LogP contribution < -0.4 is 0 Å². The Balaban J connectivity index is -0.0000000533. The van der Waals surface area contributed by atoms with Crippen molar-refractivity contribution in [3.8, 4) is 0 Å². The molecule has 12 nitrogen and oxygen atoms in total. The summed E-state index contributed by atoms with van der Waals surface area (Å²) < 4.78 is 72.9. The summed E-state index contributed by atoms with van der Waals surface area (Å²) in [6.45, 7) is 0. The molecule has 21 heavy (non-hydrogen) atoms. The summed E-state index contributed by atoms with van der Waals surface area (Å²) in [6, 6.07) is 0. The predicted octanol–water partition coefficient (Wildman–Crippen LogP) is -4.74. The summed E-state index contributed by atoms with van der Waals surface area (Å²) in [6.07, 6.45) is 0. The number of rotatable bonds is 4. The van der Waals surface area contributed by atoms with Gasteiger partial charge in [0.15, 0.2) is 0 Å². The average Bonchev–Trinajstić information content (AvgIpc) is 2.40. The molecule has 0 fully saturated rings. The molecule has 0 aromatic rings. The van der Waals surface area contributed by atoms with Crippen molar-refractivity contribution in [3.63, 3.8) is 0 Å². The Hall–Kier alpha value is 0.994. The van der Waals surface area contributed by atoms with E-state index in [0.29, 0.717) is 0 Å². The maximum Gasteiger partial charge on any atom is 4.00 e. The van der Waals surface area contributed by atoms with Gasteiger partial charge in [-0.15, -0.1) is 0 Å². The zero-order chi connectivity index (χ0) is 17.1. The third kappa shape index (κ3) is 93.6. The number of hydrogen-bond acceptors (Lipinski definition) is 12. The summed E-state index contributed by atoms with van der Waals surface area (Å²) in [7, 11) is 0. The van der Waals surface area contributed by atoms with Crippen LogP contribution in [0, 0.1) is 0 Å². The fraction of sp³-hybridized carbons (Fsp3) is 1.00. The van der Waals surface area contributed by atoms with Gasteiger partial charge in [0.2, 0.25) is 0 Å². The Labute approximate surface area is 145 Å². The summed E-state index contributed by atoms with van der Waals surface area (Å²) in [5.41, 5.74) is 0. The van der Waals surface area contributed by atoms with Crippen molar-refractivity contribution in [1.82, 2.24) is 0 Å². The second-order valence-corrected chi connectivity index (χ2v) is 5.19. The van der Waals surface area contributed by atoms with Gasteiger partial charge in [0.05, 0.1) is 0 Å². The minimum Gasteiger partial charge on any atom is -0.771 e. The maximum atomic E-state index is 9.12. The van der Waals surface area contributed by atoms with Crippen LogP contribution >= 0.6 is 0 Å². The van der Waals surface area contributed by atoms with Crippen molar-refractivity contribution in [3.05, 3.63) is 0 Å². The molecule has 4 atom stereocenters. The van der Waals surface area contributed by atoms with Gasteiger partial charge in [-0.05, 0) is 44.3 Å². The van der Waals surface area contributed by atoms with Gasteiger partial charge in [0, 0.05) is 0 Å². The van der Waals surface area contributed by atoms with Crippen molar-refractivity contribution >= 4 is 44.3 Å². The molecule has 4 unspecified atom stereocenters. The van der Waals surface area contributed by atoms with Crippen molar-refractivity contribution in [2.75, 3.05) is 23.8 Å². The van der Waals surface area contributed by atoms with E-state index < -0.39 is 68.1 Å². The molecule has 0 saturated heterocycles. The molecule has 0 saturated carbocycles. The fourth-order valence-corrected chi connectivity index (χ4v) is 0. The standard InChI is InChI=1S/4CH4O3S.Ti/c4*2-1-5(3)4;/h4*2H,1H2,(H,3,4);/q;;;;+4/p-4. The first-order chi connectivity index (χ1) is 9.08. The zero-order valence-electron chi connectivity index (χ0n) is 10.0. The predicted molar refractivity (Wildman–Crippen MR) is 64.0 cm³/mol. The number of aliphatic hydroxyl groups is 4. The smallest absolute Gasteiger partial charge is 0.771 e. The molecule has 4 N–H and O–H groups in total. The molecule has 0 rings (SSSR count). The van der Waals surface area contributed by atoms with Crippen molar-refractivity contribution in [2.45, 2.75) is 0 Å². The van der Waals surface area contributed by atoms with Crippen LogP contribution in [0.1, 0.15) is 0 Å². The molecular weight excluding hydrogens is 416 g/mol. The summed E-state index contributed by atoms with van der Waals surface area (Å²) in [4.78, 5) is 0. The molecule has 0 aromatic carbocycles. The molecule has 0 aromatic heterocycles. The number of aliphatic hydroxyl groups excluding tert-OH is 4. The van der Waals surface area contributed by atoms with Crippen LogP contribution in [0.4, 0.5) is 0 Å². The van der Waals surface area contributed by atoms with Gasteiger partial charge in [-0.1, -0.05) is 0 Å². The molecule has 0 radical (unpaired) electrons. The van der Waals surface area contributed by atoms with Gasteiger partial charge in [-0.2, -0.15) is 0 Å². The van der Waals surface area contributed by atoms with Crippen LogP contribution in [-0.4, -0.2) is 79.2 Å². The monoisotopic (exact) mass is 428 g/mol. The fourth-order valence-electron chi connectivity index (χ4n) is 0. The minimum absolute atomic E-state index is 0. The van der Waals surface area contributed by atoms with Crippen molar-refractivity contribution in [2.24, 2.45) is 0 Å². The molecule has 0 aliphatic rings. The van der Waals surface area contributed by atoms with Crippen LogP contribution in [0.3, 0.4) is 0 Å². The van der Waals surface area contributed by atoms with E-state index in [4.69, 9.17) is 55.5 Å². The quantitative estimate of drug-likeness (QED) is 0.244. The first kappa shape index (κ1) is 33.6. The Morgan fingerprint density at radius 2 is 0.571 bits per heavy atom. The van der Waals surface area contributed by atoms with Crippen LogP contribution in [-0.2, 0) is 66.0 Å². The van der Waals surface area contributed by atoms with Crippen LogP contribution in [0.25, 0.3) is 0 Å². The molecule has 128 valence electrons. The zero-order valence-corrected chi connectivity index (χ0v) is 14.8. The molecule has 0 aliphatic carbocycles. The Kier molecular flexibility index (Phi) is 46.5. The first-order valence-electron chi connectivity index (χ1n) is 3.75. The second kappa shape index (κ2) is 29.1. The Bertz CT molecular complexity index is 230. The van der Waals surface area contributed by atoms with E-state index in [1.54, 1.807) is 0 Å². The van der Waals surface area contributed by atoms with E-state index in [9.17, 15) is 0 Å². The molecular formula is C4H12O12S4Ti. The van der Waals surface area contributed by atoms with E-state index in [2.05, 4.69) is 0 Å². The molecule has 0 bridgehead atoms. The van der Waals surface area contributed by atoms with Crippen LogP contribution in [0.2, 0.25) is 0 Å². The SMILES string of the molecule is O=S([O-])CO.O=S([O-])CO.O=S([O-])CO.O=S([O-])CO.[Ti+4]. The van der Waals surface area contributed by atoms with Gasteiger partial charge < -0.3 is 38.6 Å². The van der Waals surface area contributed by atoms with Crippen molar-refractivity contribution in [1.29, 1.82) is 0 Å². The third-order valence-corrected chi connectivity index (χ3v) is 1.26. The van der Waals surface area contributed by atoms with Gasteiger partial charge in [-0.3, -0.25) is 16.8 Å². The van der Waals surface area contributed by atoms with E-state index in [-0.39, 0.29) is 21.7 Å². The normalized spacial score (nSPS) is 14.1. The second-order valence-electron chi connectivity index (χ2n) is 1.73. The van der Waals surface area contributed by atoms with Gasteiger partial charge in [-0.25, -0.2) is 0 Å². The molecule has 0 amide bonds. The first-order valence-corrected chi connectivity index (χ1v) is 8.73. The topological polar surface area (TPSA) is 241 Å². The molecule has 17 heteroatoms. The average molecular weight is 428 g/mol. The van der Waals surface area contributed by atoms with Crippen LogP contribution in [0.15, 0.2) is 0 Å². The van der Waals surface area contributed by atoms with Crippen LogP contribution in [0.5, 0.6) is 0 Å². The molecule has 0 heterocycles.